The van der Waals surface area contributed by atoms with Crippen molar-refractivity contribution in [3.63, 3.8) is 0 Å². The van der Waals surface area contributed by atoms with E-state index < -0.39 is 6.10 Å². The number of hydrogen-bond acceptors (Lipinski definition) is 7. The molecule has 0 spiro atoms. The van der Waals surface area contributed by atoms with Crippen LogP contribution in [0.15, 0.2) is 53.7 Å². The van der Waals surface area contributed by atoms with Gasteiger partial charge < -0.3 is 10.1 Å². The molecule has 1 N–H and O–H groups in total. The van der Waals surface area contributed by atoms with Gasteiger partial charge in [-0.1, -0.05) is 17.8 Å². The molecule has 1 atom stereocenters. The molecule has 7 nitrogen and oxygen atoms in total. The predicted molar refractivity (Wildman–Crippen MR) is 107 cm³/mol. The Morgan fingerprint density at radius 2 is 2.21 bits per heavy atom. The second kappa shape index (κ2) is 9.47. The van der Waals surface area contributed by atoms with Crippen molar-refractivity contribution in [1.29, 1.82) is 0 Å². The first-order valence-electron chi connectivity index (χ1n) is 8.35. The number of rotatable bonds is 9. The van der Waals surface area contributed by atoms with Gasteiger partial charge in [0.25, 0.3) is 0 Å². The quantitative estimate of drug-likeness (QED) is 0.418. The van der Waals surface area contributed by atoms with Crippen molar-refractivity contribution in [2.45, 2.75) is 24.7 Å². The van der Waals surface area contributed by atoms with E-state index in [1.54, 1.807) is 29.8 Å². The number of carbonyl (C=O) groups is 1. The van der Waals surface area contributed by atoms with Crippen molar-refractivity contribution in [1.82, 2.24) is 19.7 Å². The van der Waals surface area contributed by atoms with E-state index in [9.17, 15) is 9.18 Å². The average Bonchev–Trinajstić information content (AvgIpc) is 3.32. The smallest absolute Gasteiger partial charge is 0.236 e. The van der Waals surface area contributed by atoms with E-state index in [-0.39, 0.29) is 17.5 Å². The number of anilines is 1. The third-order valence-corrected chi connectivity index (χ3v) is 5.21. The summed E-state index contributed by atoms with van der Waals surface area (Å²) in [7, 11) is 0. The predicted octanol–water partition coefficient (Wildman–Crippen LogP) is 3.93. The normalized spacial score (nSPS) is 11.8. The molecule has 2 heterocycles. The summed E-state index contributed by atoms with van der Waals surface area (Å²) in [4.78, 5) is 16.1. The zero-order chi connectivity index (χ0) is 19.9. The van der Waals surface area contributed by atoms with Gasteiger partial charge in [-0.15, -0.1) is 28.1 Å². The highest BCUT2D eigenvalue weighted by Crippen LogP contribution is 2.25. The first kappa shape index (κ1) is 20.0. The lowest BCUT2D eigenvalue weighted by molar-refractivity contribution is -0.113. The van der Waals surface area contributed by atoms with Crippen molar-refractivity contribution in [3.8, 4) is 5.75 Å². The summed E-state index contributed by atoms with van der Waals surface area (Å²) in [6.07, 6.45) is 2.93. The maximum absolute atomic E-state index is 13.1. The fraction of sp³-hybridized carbons (Fsp3) is 0.222. The van der Waals surface area contributed by atoms with Gasteiger partial charge in [0, 0.05) is 18.1 Å². The van der Waals surface area contributed by atoms with Gasteiger partial charge in [0.05, 0.1) is 5.75 Å². The SMILES string of the molecule is C=CCn1c(SCC(=O)Nc2nccs2)nnc1C(C)Oc1ccc(F)cc1. The summed E-state index contributed by atoms with van der Waals surface area (Å²) in [5.41, 5.74) is 0. The summed E-state index contributed by atoms with van der Waals surface area (Å²) < 4.78 is 20.7. The fourth-order valence-corrected chi connectivity index (χ4v) is 3.65. The van der Waals surface area contributed by atoms with Crippen LogP contribution in [-0.2, 0) is 11.3 Å². The van der Waals surface area contributed by atoms with Gasteiger partial charge in [0.2, 0.25) is 5.91 Å². The molecular weight excluding hydrogens is 401 g/mol. The topological polar surface area (TPSA) is 81.9 Å². The van der Waals surface area contributed by atoms with E-state index >= 15 is 0 Å². The van der Waals surface area contributed by atoms with Gasteiger partial charge in [-0.2, -0.15) is 0 Å². The van der Waals surface area contributed by atoms with Crippen LogP contribution in [0.2, 0.25) is 0 Å². The number of ether oxygens (including phenoxy) is 1. The number of carbonyl (C=O) groups excluding carboxylic acids is 1. The van der Waals surface area contributed by atoms with E-state index in [0.717, 1.165) is 0 Å². The molecule has 0 bridgehead atoms. The largest absolute Gasteiger partial charge is 0.483 e. The Hall–Kier alpha value is -2.72. The first-order valence-corrected chi connectivity index (χ1v) is 10.2. The molecule has 10 heteroatoms. The van der Waals surface area contributed by atoms with E-state index in [0.29, 0.717) is 28.4 Å². The van der Waals surface area contributed by atoms with Crippen molar-refractivity contribution in [2.75, 3.05) is 11.1 Å². The highest BCUT2D eigenvalue weighted by Gasteiger charge is 2.20. The highest BCUT2D eigenvalue weighted by molar-refractivity contribution is 7.99. The molecule has 0 radical (unpaired) electrons. The maximum Gasteiger partial charge on any atom is 0.236 e. The molecule has 0 aliphatic rings. The third kappa shape index (κ3) is 5.17. The van der Waals surface area contributed by atoms with Gasteiger partial charge in [-0.05, 0) is 31.2 Å². The van der Waals surface area contributed by atoms with Gasteiger partial charge in [0.15, 0.2) is 22.2 Å². The molecule has 28 heavy (non-hydrogen) atoms. The minimum absolute atomic E-state index is 0.169. The van der Waals surface area contributed by atoms with Gasteiger partial charge in [-0.25, -0.2) is 9.37 Å². The van der Waals surface area contributed by atoms with E-state index in [1.165, 1.54) is 35.2 Å². The molecule has 0 saturated carbocycles. The van der Waals surface area contributed by atoms with Crippen LogP contribution in [0.5, 0.6) is 5.75 Å². The summed E-state index contributed by atoms with van der Waals surface area (Å²) in [5.74, 6) is 0.781. The number of halogens is 1. The Balaban J connectivity index is 1.67. The Morgan fingerprint density at radius 1 is 1.43 bits per heavy atom. The standard InChI is InChI=1S/C18H18FN5O2S2/c1-3-9-24-16(12(2)26-14-6-4-13(19)5-7-14)22-23-18(24)28-11-15(25)21-17-20-8-10-27-17/h3-8,10,12H,1,9,11H2,2H3,(H,20,21,25). The average molecular weight is 420 g/mol. The molecule has 0 aliphatic heterocycles. The van der Waals surface area contributed by atoms with Crippen LogP contribution in [0.25, 0.3) is 0 Å². The molecule has 0 aliphatic carbocycles. The van der Waals surface area contributed by atoms with Crippen LogP contribution >= 0.6 is 23.1 Å². The molecule has 1 unspecified atom stereocenters. The summed E-state index contributed by atoms with van der Waals surface area (Å²) in [6.45, 7) is 6.06. The minimum atomic E-state index is -0.420. The highest BCUT2D eigenvalue weighted by atomic mass is 32.2. The molecule has 3 rings (SSSR count). The number of thioether (sulfide) groups is 1. The Labute approximate surface area is 169 Å². The lowest BCUT2D eigenvalue weighted by Crippen LogP contribution is -2.15. The summed E-state index contributed by atoms with van der Waals surface area (Å²) in [6, 6.07) is 5.77. The number of nitrogens with zero attached hydrogens (tertiary/aromatic N) is 4. The molecular formula is C18H18FN5O2S2. The van der Waals surface area contributed by atoms with Crippen molar-refractivity contribution >= 4 is 34.1 Å². The van der Waals surface area contributed by atoms with Crippen molar-refractivity contribution in [2.24, 2.45) is 0 Å². The zero-order valence-electron chi connectivity index (χ0n) is 15.0. The third-order valence-electron chi connectivity index (χ3n) is 3.56. The Kier molecular flexibility index (Phi) is 6.77. The van der Waals surface area contributed by atoms with Gasteiger partial charge >= 0.3 is 0 Å². The van der Waals surface area contributed by atoms with E-state index in [2.05, 4.69) is 27.1 Å². The summed E-state index contributed by atoms with van der Waals surface area (Å²) >= 11 is 2.62. The van der Waals surface area contributed by atoms with Gasteiger partial charge in [-0.3, -0.25) is 9.36 Å². The molecule has 1 amide bonds. The molecule has 1 aromatic carbocycles. The monoisotopic (exact) mass is 419 g/mol. The fourth-order valence-electron chi connectivity index (χ4n) is 2.35. The van der Waals surface area contributed by atoms with Crippen molar-refractivity contribution < 1.29 is 13.9 Å². The van der Waals surface area contributed by atoms with Crippen LogP contribution in [0.3, 0.4) is 0 Å². The number of thiazole rings is 1. The van der Waals surface area contributed by atoms with Crippen LogP contribution in [-0.4, -0.2) is 31.4 Å². The van der Waals surface area contributed by atoms with Crippen LogP contribution in [0.4, 0.5) is 9.52 Å². The van der Waals surface area contributed by atoms with Crippen LogP contribution < -0.4 is 10.1 Å². The minimum Gasteiger partial charge on any atom is -0.483 e. The van der Waals surface area contributed by atoms with Gasteiger partial charge in [0.1, 0.15) is 11.6 Å². The first-order chi connectivity index (χ1) is 13.6. The number of benzene rings is 1. The molecule has 0 saturated heterocycles. The van der Waals surface area contributed by atoms with Crippen molar-refractivity contribution in [3.05, 3.63) is 60.1 Å². The van der Waals surface area contributed by atoms with E-state index in [4.69, 9.17) is 4.74 Å². The number of aromatic nitrogens is 4. The second-order valence-corrected chi connectivity index (χ2v) is 7.47. The second-order valence-electron chi connectivity index (χ2n) is 5.63. The maximum atomic E-state index is 13.1. The molecule has 0 fully saturated rings. The number of hydrogen-bond donors (Lipinski definition) is 1. The Morgan fingerprint density at radius 3 is 2.89 bits per heavy atom. The number of allylic oxidation sites excluding steroid dienone is 1. The van der Waals surface area contributed by atoms with E-state index in [1.807, 2.05) is 11.5 Å². The molecule has 146 valence electrons. The summed E-state index contributed by atoms with van der Waals surface area (Å²) in [5, 5.41) is 14.0. The molecule has 2 aromatic heterocycles. The lowest BCUT2D eigenvalue weighted by Gasteiger charge is -2.15. The van der Waals surface area contributed by atoms with Crippen LogP contribution in [0.1, 0.15) is 18.9 Å². The number of amides is 1. The number of nitrogens with one attached hydrogen (secondary N) is 1. The zero-order valence-corrected chi connectivity index (χ0v) is 16.7. The van der Waals surface area contributed by atoms with Crippen LogP contribution in [0, 0.1) is 5.82 Å². The lowest BCUT2D eigenvalue weighted by atomic mass is 10.3. The molecule has 3 aromatic rings. The Bertz CT molecular complexity index is 928.